The number of ether oxygens (including phenoxy) is 4. The van der Waals surface area contributed by atoms with Gasteiger partial charge >= 0.3 is 6.09 Å². The number of nitrogens with zero attached hydrogens (tertiary/aromatic N) is 2. The van der Waals surface area contributed by atoms with Crippen molar-refractivity contribution in [3.63, 3.8) is 0 Å². The topological polar surface area (TPSA) is 147 Å². The predicted molar refractivity (Wildman–Crippen MR) is 172 cm³/mol. The summed E-state index contributed by atoms with van der Waals surface area (Å²) in [5.74, 6) is 1.46. The van der Waals surface area contributed by atoms with E-state index < -0.39 is 39.2 Å². The van der Waals surface area contributed by atoms with Crippen LogP contribution in [-0.4, -0.2) is 61.1 Å². The first-order valence-electron chi connectivity index (χ1n) is 15.8. The second kappa shape index (κ2) is 13.4. The first-order valence-corrected chi connectivity index (χ1v) is 17.4. The van der Waals surface area contributed by atoms with Gasteiger partial charge in [0.15, 0.2) is 21.3 Å². The van der Waals surface area contributed by atoms with Crippen LogP contribution in [0.25, 0.3) is 0 Å². The van der Waals surface area contributed by atoms with Crippen LogP contribution in [0.1, 0.15) is 56.2 Å². The summed E-state index contributed by atoms with van der Waals surface area (Å²) in [5, 5.41) is 21.8. The molecule has 3 aliphatic rings. The Labute approximate surface area is 274 Å². The molecule has 12 heteroatoms. The van der Waals surface area contributed by atoms with Crippen molar-refractivity contribution in [3.8, 4) is 23.3 Å². The van der Waals surface area contributed by atoms with Crippen LogP contribution in [-0.2, 0) is 27.6 Å². The molecule has 0 spiro atoms. The number of nitriles is 1. The highest BCUT2D eigenvalue weighted by atomic mass is 32.2. The summed E-state index contributed by atoms with van der Waals surface area (Å²) in [6.45, 7) is 3.92. The minimum Gasteiger partial charge on any atom is -0.489 e. The molecule has 2 heterocycles. The van der Waals surface area contributed by atoms with Gasteiger partial charge in [-0.2, -0.15) is 5.26 Å². The Balaban J connectivity index is 1.18. The quantitative estimate of drug-likeness (QED) is 0.271. The van der Waals surface area contributed by atoms with Gasteiger partial charge in [0.25, 0.3) is 0 Å². The number of carbonyl (C=O) groups is 1. The average molecular weight is 662 g/mol. The normalized spacial score (nSPS) is 21.0. The van der Waals surface area contributed by atoms with Crippen molar-refractivity contribution in [2.24, 2.45) is 5.92 Å². The number of fused-ring (bicyclic) bond motifs is 1. The lowest BCUT2D eigenvalue weighted by molar-refractivity contribution is -0.0658. The molecule has 1 aliphatic carbocycles. The zero-order valence-electron chi connectivity index (χ0n) is 26.4. The molecule has 3 aromatic rings. The first-order chi connectivity index (χ1) is 22.5. The number of sulfone groups is 1. The molecule has 3 atom stereocenters. The zero-order chi connectivity index (χ0) is 33.2. The molecule has 0 radical (unpaired) electrons. The van der Waals surface area contributed by atoms with Crippen LogP contribution in [0.2, 0.25) is 0 Å². The lowest BCUT2D eigenvalue weighted by Crippen LogP contribution is -2.50. The molecule has 1 saturated carbocycles. The third-order valence-corrected chi connectivity index (χ3v) is 11.3. The average Bonchev–Trinajstić information content (AvgIpc) is 3.80. The summed E-state index contributed by atoms with van der Waals surface area (Å²) < 4.78 is 51.2. The maximum absolute atomic E-state index is 14.1. The van der Waals surface area contributed by atoms with Gasteiger partial charge in [-0.3, -0.25) is 10.2 Å². The van der Waals surface area contributed by atoms with Gasteiger partial charge in [0, 0.05) is 12.6 Å². The van der Waals surface area contributed by atoms with Gasteiger partial charge in [-0.1, -0.05) is 37.1 Å². The van der Waals surface area contributed by atoms with E-state index in [1.807, 2.05) is 36.4 Å². The Morgan fingerprint density at radius 1 is 1.06 bits per heavy atom. The van der Waals surface area contributed by atoms with Crippen LogP contribution < -0.4 is 19.5 Å². The molecular formula is C35H39N3O8S. The maximum atomic E-state index is 14.1. The summed E-state index contributed by atoms with van der Waals surface area (Å²) >= 11 is 0. The van der Waals surface area contributed by atoms with Crippen LogP contribution >= 0.6 is 0 Å². The van der Waals surface area contributed by atoms with Crippen molar-refractivity contribution in [1.82, 2.24) is 10.2 Å². The van der Waals surface area contributed by atoms with E-state index >= 15 is 0 Å². The lowest BCUT2D eigenvalue weighted by Gasteiger charge is -2.31. The third kappa shape index (κ3) is 7.02. The number of carboxylic acid groups (broad SMARTS) is 1. The summed E-state index contributed by atoms with van der Waals surface area (Å²) in [7, 11) is -3.83. The third-order valence-electron chi connectivity index (χ3n) is 9.17. The van der Waals surface area contributed by atoms with Crippen LogP contribution in [0, 0.1) is 17.2 Å². The minimum absolute atomic E-state index is 0.0486. The highest BCUT2D eigenvalue weighted by Crippen LogP contribution is 2.39. The number of amides is 1. The van der Waals surface area contributed by atoms with Gasteiger partial charge in [0.1, 0.15) is 23.5 Å². The standard InChI is InChI=1S/C35H39N3O8S/c1-35(2)38(34(39)40)29(17-23-10-12-27(13-11-23)43-21-25-7-5-6-24(16-25)19-36)32(46-35)20-37-33(26-8-3-4-9-26)47(41,42)28-14-15-30-31(18-28)45-22-44-30/h5-7,10-16,18,26,29,32-33,37H,3-4,8-9,17,20-22H2,1-2H3,(H,39,40)/t29-,32+,33?/m0/s1. The predicted octanol–water partition coefficient (Wildman–Crippen LogP) is 5.47. The molecule has 47 heavy (non-hydrogen) atoms. The second-order valence-electron chi connectivity index (χ2n) is 12.7. The zero-order valence-corrected chi connectivity index (χ0v) is 27.2. The number of hydrogen-bond donors (Lipinski definition) is 2. The SMILES string of the molecule is CC1(C)O[C@H](CNC(C2CCCC2)S(=O)(=O)c2ccc3c(c2)OCO3)[C@H](Cc2ccc(OCc3cccc(C#N)c3)cc2)N1C(=O)O. The number of benzene rings is 3. The van der Waals surface area contributed by atoms with E-state index in [0.717, 1.165) is 36.8 Å². The molecule has 3 aromatic carbocycles. The molecule has 0 bridgehead atoms. The van der Waals surface area contributed by atoms with Gasteiger partial charge in [0.2, 0.25) is 6.79 Å². The Morgan fingerprint density at radius 2 is 1.81 bits per heavy atom. The minimum atomic E-state index is -3.83. The molecule has 2 aliphatic heterocycles. The molecule has 248 valence electrons. The van der Waals surface area contributed by atoms with E-state index in [1.165, 1.54) is 11.0 Å². The van der Waals surface area contributed by atoms with Crippen LogP contribution in [0.3, 0.4) is 0 Å². The van der Waals surface area contributed by atoms with Crippen LogP contribution in [0.4, 0.5) is 4.79 Å². The smallest absolute Gasteiger partial charge is 0.409 e. The van der Waals surface area contributed by atoms with Gasteiger partial charge < -0.3 is 24.1 Å². The maximum Gasteiger partial charge on any atom is 0.409 e. The first kappa shape index (κ1) is 32.6. The van der Waals surface area contributed by atoms with E-state index in [4.69, 9.17) is 24.2 Å². The second-order valence-corrected chi connectivity index (χ2v) is 14.8. The van der Waals surface area contributed by atoms with Gasteiger partial charge in [-0.15, -0.1) is 0 Å². The molecule has 1 unspecified atom stereocenters. The molecule has 2 N–H and O–H groups in total. The molecule has 11 nitrogen and oxygen atoms in total. The lowest BCUT2D eigenvalue weighted by atomic mass is 9.99. The van der Waals surface area contributed by atoms with Crippen LogP contribution in [0.5, 0.6) is 17.2 Å². The van der Waals surface area contributed by atoms with Crippen molar-refractivity contribution >= 4 is 15.9 Å². The fourth-order valence-electron chi connectivity index (χ4n) is 6.93. The fourth-order valence-corrected chi connectivity index (χ4v) is 8.84. The van der Waals surface area contributed by atoms with Gasteiger partial charge in [0.05, 0.1) is 28.7 Å². The summed E-state index contributed by atoms with van der Waals surface area (Å²) in [6, 6.07) is 20.9. The van der Waals surface area contributed by atoms with Crippen molar-refractivity contribution in [3.05, 3.63) is 83.4 Å². The van der Waals surface area contributed by atoms with E-state index in [1.54, 1.807) is 38.1 Å². The Bertz CT molecular complexity index is 1750. The Morgan fingerprint density at radius 3 is 2.53 bits per heavy atom. The highest BCUT2D eigenvalue weighted by Gasteiger charge is 2.50. The van der Waals surface area contributed by atoms with Crippen molar-refractivity contribution < 1.29 is 37.3 Å². The molecule has 6 rings (SSSR count). The van der Waals surface area contributed by atoms with Crippen molar-refractivity contribution in [2.75, 3.05) is 13.3 Å². The summed E-state index contributed by atoms with van der Waals surface area (Å²) in [4.78, 5) is 14.0. The molecule has 0 aromatic heterocycles. The Kier molecular flexibility index (Phi) is 9.32. The van der Waals surface area contributed by atoms with Gasteiger partial charge in [-0.05, 0) is 86.6 Å². The van der Waals surface area contributed by atoms with Crippen molar-refractivity contribution in [2.45, 2.75) is 80.7 Å². The molecular weight excluding hydrogens is 622 g/mol. The van der Waals surface area contributed by atoms with Gasteiger partial charge in [-0.25, -0.2) is 13.2 Å². The van der Waals surface area contributed by atoms with E-state index in [-0.39, 0.29) is 24.2 Å². The highest BCUT2D eigenvalue weighted by molar-refractivity contribution is 7.92. The molecule has 1 amide bonds. The fraction of sp³-hybridized carbons (Fsp3) is 0.429. The monoisotopic (exact) mass is 661 g/mol. The molecule has 1 saturated heterocycles. The van der Waals surface area contributed by atoms with Crippen molar-refractivity contribution in [1.29, 1.82) is 5.26 Å². The van der Waals surface area contributed by atoms with E-state index in [2.05, 4.69) is 11.4 Å². The number of rotatable bonds is 11. The molecule has 2 fully saturated rings. The summed E-state index contributed by atoms with van der Waals surface area (Å²) in [5.41, 5.74) is 1.20. The van der Waals surface area contributed by atoms with E-state index in [0.29, 0.717) is 35.8 Å². The number of nitrogens with one attached hydrogen (secondary N) is 1. The number of hydrogen-bond acceptors (Lipinski definition) is 9. The summed E-state index contributed by atoms with van der Waals surface area (Å²) in [6.07, 6.45) is 2.10. The largest absolute Gasteiger partial charge is 0.489 e. The van der Waals surface area contributed by atoms with E-state index in [9.17, 15) is 18.3 Å². The van der Waals surface area contributed by atoms with Crippen LogP contribution in [0.15, 0.2) is 71.6 Å². The Hall–Kier alpha value is -4.31.